The molecule has 1 aliphatic heterocycles. The molecule has 0 saturated carbocycles. The van der Waals surface area contributed by atoms with E-state index < -0.39 is 0 Å². The van der Waals surface area contributed by atoms with Crippen LogP contribution >= 0.6 is 0 Å². The summed E-state index contributed by atoms with van der Waals surface area (Å²) in [5.74, 6) is 1.67. The fourth-order valence-corrected chi connectivity index (χ4v) is 3.27. The van der Waals surface area contributed by atoms with Gasteiger partial charge < -0.3 is 10.1 Å². The molecule has 0 atom stereocenters. The molecule has 0 aliphatic carbocycles. The maximum Gasteiger partial charge on any atom is 0.345 e. The van der Waals surface area contributed by atoms with Crippen LogP contribution in [0, 0.1) is 13.8 Å². The first kappa shape index (κ1) is 19.2. The lowest BCUT2D eigenvalue weighted by molar-refractivity contribution is -0.121. The van der Waals surface area contributed by atoms with Crippen LogP contribution in [0.3, 0.4) is 0 Å². The number of benzene rings is 1. The molecule has 0 spiro atoms. The van der Waals surface area contributed by atoms with Gasteiger partial charge in [0.2, 0.25) is 5.91 Å². The van der Waals surface area contributed by atoms with Gasteiger partial charge in [0, 0.05) is 26.1 Å². The molecule has 0 bridgehead atoms. The number of aromatic nitrogens is 3. The summed E-state index contributed by atoms with van der Waals surface area (Å²) in [4.78, 5) is 24.2. The number of amides is 1. The van der Waals surface area contributed by atoms with Gasteiger partial charge in [0.25, 0.3) is 0 Å². The van der Waals surface area contributed by atoms with E-state index in [2.05, 4.69) is 10.4 Å². The second-order valence-corrected chi connectivity index (χ2v) is 7.03. The van der Waals surface area contributed by atoms with Crippen LogP contribution in [0.5, 0.6) is 5.75 Å². The number of fused-ring (bicyclic) bond motifs is 1. The number of aryl methyl sites for hydroxylation is 3. The summed E-state index contributed by atoms with van der Waals surface area (Å²) in [6, 6.07) is 5.91. The predicted octanol–water partition coefficient (Wildman–Crippen LogP) is 1.97. The minimum Gasteiger partial charge on any atom is -0.493 e. The summed E-state index contributed by atoms with van der Waals surface area (Å²) in [7, 11) is 0. The van der Waals surface area contributed by atoms with Crippen molar-refractivity contribution in [1.82, 2.24) is 19.7 Å². The summed E-state index contributed by atoms with van der Waals surface area (Å²) in [6.07, 6.45) is 4.00. The molecule has 7 heteroatoms. The number of nitrogens with one attached hydrogen (secondary N) is 1. The molecule has 2 aromatic rings. The molecule has 7 nitrogen and oxygen atoms in total. The van der Waals surface area contributed by atoms with E-state index in [1.54, 1.807) is 4.57 Å². The normalized spacial score (nSPS) is 13.3. The zero-order valence-corrected chi connectivity index (χ0v) is 16.2. The van der Waals surface area contributed by atoms with E-state index >= 15 is 0 Å². The molecular formula is C20H28N4O3. The zero-order valence-electron chi connectivity index (χ0n) is 16.2. The SMILES string of the molecule is Cc1cccc(OCCC(=O)NCCCn2nc3n(c2=O)CCCC3)c1C. The molecule has 146 valence electrons. The predicted molar refractivity (Wildman–Crippen MR) is 103 cm³/mol. The van der Waals surface area contributed by atoms with Gasteiger partial charge in [0.1, 0.15) is 11.6 Å². The van der Waals surface area contributed by atoms with Gasteiger partial charge in [-0.3, -0.25) is 9.36 Å². The summed E-state index contributed by atoms with van der Waals surface area (Å²) in [5.41, 5.74) is 2.25. The fourth-order valence-electron chi connectivity index (χ4n) is 3.27. The van der Waals surface area contributed by atoms with Crippen LogP contribution in [0.1, 0.15) is 42.6 Å². The van der Waals surface area contributed by atoms with Crippen molar-refractivity contribution < 1.29 is 9.53 Å². The third-order valence-corrected chi connectivity index (χ3v) is 5.04. The van der Waals surface area contributed by atoms with E-state index in [4.69, 9.17) is 4.74 Å². The first-order valence-electron chi connectivity index (χ1n) is 9.68. The standard InChI is InChI=1S/C20H28N4O3/c1-15-7-5-8-17(16(15)2)27-14-10-19(25)21-11-6-13-24-20(26)23-12-4-3-9-18(23)22-24/h5,7-8H,3-4,6,9-14H2,1-2H3,(H,21,25). The number of rotatable bonds is 8. The molecule has 3 rings (SSSR count). The second-order valence-electron chi connectivity index (χ2n) is 7.03. The summed E-state index contributed by atoms with van der Waals surface area (Å²) in [6.45, 7) is 6.22. The first-order valence-corrected chi connectivity index (χ1v) is 9.68. The van der Waals surface area contributed by atoms with Crippen molar-refractivity contribution in [3.8, 4) is 5.75 Å². The van der Waals surface area contributed by atoms with Crippen LogP contribution in [0.4, 0.5) is 0 Å². The molecule has 0 unspecified atom stereocenters. The van der Waals surface area contributed by atoms with Gasteiger partial charge in [-0.2, -0.15) is 5.10 Å². The molecule has 1 aromatic heterocycles. The Balaban J connectivity index is 1.36. The highest BCUT2D eigenvalue weighted by atomic mass is 16.5. The molecular weight excluding hydrogens is 344 g/mol. The molecule has 0 fully saturated rings. The minimum absolute atomic E-state index is 0.0297. The van der Waals surface area contributed by atoms with Crippen LogP contribution < -0.4 is 15.7 Å². The second kappa shape index (κ2) is 8.88. The van der Waals surface area contributed by atoms with Crippen LogP contribution in [0.15, 0.2) is 23.0 Å². The highest BCUT2D eigenvalue weighted by Crippen LogP contribution is 2.20. The van der Waals surface area contributed by atoms with Crippen molar-refractivity contribution in [3.05, 3.63) is 45.6 Å². The Morgan fingerprint density at radius 3 is 2.96 bits per heavy atom. The molecule has 1 amide bonds. The molecule has 1 N–H and O–H groups in total. The number of hydrogen-bond donors (Lipinski definition) is 1. The van der Waals surface area contributed by atoms with E-state index in [-0.39, 0.29) is 11.6 Å². The van der Waals surface area contributed by atoms with E-state index in [9.17, 15) is 9.59 Å². The first-order chi connectivity index (χ1) is 13.1. The van der Waals surface area contributed by atoms with Crippen molar-refractivity contribution in [2.45, 2.75) is 59.0 Å². The van der Waals surface area contributed by atoms with Gasteiger partial charge >= 0.3 is 5.69 Å². The number of hydrogen-bond acceptors (Lipinski definition) is 4. The number of carbonyl (C=O) groups is 1. The average molecular weight is 372 g/mol. The maximum atomic E-state index is 12.2. The van der Waals surface area contributed by atoms with Crippen LogP contribution in [-0.2, 0) is 24.3 Å². The van der Waals surface area contributed by atoms with E-state index in [1.807, 2.05) is 32.0 Å². The lowest BCUT2D eigenvalue weighted by atomic mass is 10.1. The molecule has 27 heavy (non-hydrogen) atoms. The quantitative estimate of drug-likeness (QED) is 0.719. The zero-order chi connectivity index (χ0) is 19.2. The van der Waals surface area contributed by atoms with Crippen molar-refractivity contribution in [1.29, 1.82) is 0 Å². The van der Waals surface area contributed by atoms with Gasteiger partial charge in [0.05, 0.1) is 13.0 Å². The molecule has 0 radical (unpaired) electrons. The third kappa shape index (κ3) is 4.78. The molecule has 1 aromatic carbocycles. The lowest BCUT2D eigenvalue weighted by Gasteiger charge is -2.11. The average Bonchev–Trinajstić information content (AvgIpc) is 2.98. The van der Waals surface area contributed by atoms with Crippen LogP contribution in [-0.4, -0.2) is 33.4 Å². The molecule has 0 saturated heterocycles. The van der Waals surface area contributed by atoms with Gasteiger partial charge in [-0.1, -0.05) is 12.1 Å². The fraction of sp³-hybridized carbons (Fsp3) is 0.550. The van der Waals surface area contributed by atoms with Crippen molar-refractivity contribution in [2.24, 2.45) is 0 Å². The summed E-state index contributed by atoms with van der Waals surface area (Å²) in [5, 5.41) is 7.28. The largest absolute Gasteiger partial charge is 0.493 e. The van der Waals surface area contributed by atoms with E-state index in [0.29, 0.717) is 32.5 Å². The van der Waals surface area contributed by atoms with Crippen molar-refractivity contribution in [3.63, 3.8) is 0 Å². The molecule has 2 heterocycles. The van der Waals surface area contributed by atoms with Crippen molar-refractivity contribution >= 4 is 5.91 Å². The Hall–Kier alpha value is -2.57. The summed E-state index contributed by atoms with van der Waals surface area (Å²) < 4.78 is 9.00. The topological polar surface area (TPSA) is 78.2 Å². The van der Waals surface area contributed by atoms with Gasteiger partial charge in [-0.05, 0) is 50.3 Å². The monoisotopic (exact) mass is 372 g/mol. The number of carbonyl (C=O) groups excluding carboxylic acids is 1. The van der Waals surface area contributed by atoms with Gasteiger partial charge in [-0.25, -0.2) is 9.48 Å². The Morgan fingerprint density at radius 1 is 1.30 bits per heavy atom. The summed E-state index contributed by atoms with van der Waals surface area (Å²) >= 11 is 0. The van der Waals surface area contributed by atoms with E-state index in [0.717, 1.165) is 42.9 Å². The maximum absolute atomic E-state index is 12.2. The van der Waals surface area contributed by atoms with Gasteiger partial charge in [-0.15, -0.1) is 0 Å². The highest BCUT2D eigenvalue weighted by Gasteiger charge is 2.16. The Morgan fingerprint density at radius 2 is 2.15 bits per heavy atom. The van der Waals surface area contributed by atoms with Crippen molar-refractivity contribution in [2.75, 3.05) is 13.2 Å². The number of ether oxygens (including phenoxy) is 1. The van der Waals surface area contributed by atoms with E-state index in [1.165, 1.54) is 10.2 Å². The van der Waals surface area contributed by atoms with Crippen LogP contribution in [0.2, 0.25) is 0 Å². The highest BCUT2D eigenvalue weighted by molar-refractivity contribution is 5.75. The number of nitrogens with zero attached hydrogens (tertiary/aromatic N) is 3. The Labute approximate surface area is 159 Å². The third-order valence-electron chi connectivity index (χ3n) is 5.04. The molecule has 1 aliphatic rings. The smallest absolute Gasteiger partial charge is 0.345 e. The van der Waals surface area contributed by atoms with Gasteiger partial charge in [0.15, 0.2) is 0 Å². The lowest BCUT2D eigenvalue weighted by Crippen LogP contribution is -2.29. The minimum atomic E-state index is -0.0446. The Kier molecular flexibility index (Phi) is 6.32. The van der Waals surface area contributed by atoms with Crippen LogP contribution in [0.25, 0.3) is 0 Å². The Bertz CT molecular complexity index is 853.